The van der Waals surface area contributed by atoms with Gasteiger partial charge in [0.1, 0.15) is 0 Å². The Balaban J connectivity index is 2.19. The van der Waals surface area contributed by atoms with Gasteiger partial charge in [0.2, 0.25) is 10.0 Å². The summed E-state index contributed by atoms with van der Waals surface area (Å²) in [4.78, 5) is 23.2. The number of rotatable bonds is 10. The standard InChI is InChI=1S/C22H25NO5S/c1-3-4-15-23-29(26,27)21-8-6-5-7-20(21)18-11-9-17(10-12-18)16-19(24)13-14-22(25)28-2/h5-14,23H,3-4,15-16H2,1-2H3/b14-13-. The topological polar surface area (TPSA) is 89.5 Å². The van der Waals surface area contributed by atoms with E-state index in [1.165, 1.54) is 13.2 Å². The molecule has 1 N–H and O–H groups in total. The van der Waals surface area contributed by atoms with Gasteiger partial charge in [0.05, 0.1) is 12.0 Å². The molecule has 6 nitrogen and oxygen atoms in total. The fraction of sp³-hybridized carbons (Fsp3) is 0.273. The van der Waals surface area contributed by atoms with Crippen molar-refractivity contribution in [3.63, 3.8) is 0 Å². The van der Waals surface area contributed by atoms with E-state index in [2.05, 4.69) is 9.46 Å². The largest absolute Gasteiger partial charge is 0.466 e. The molecule has 2 aromatic rings. The molecule has 0 aromatic heterocycles. The summed E-state index contributed by atoms with van der Waals surface area (Å²) < 4.78 is 32.4. The quantitative estimate of drug-likeness (QED) is 0.365. The lowest BCUT2D eigenvalue weighted by Gasteiger charge is -2.12. The van der Waals surface area contributed by atoms with E-state index in [9.17, 15) is 18.0 Å². The van der Waals surface area contributed by atoms with E-state index >= 15 is 0 Å². The highest BCUT2D eigenvalue weighted by molar-refractivity contribution is 7.89. The summed E-state index contributed by atoms with van der Waals surface area (Å²) in [6, 6.07) is 13.9. The Bertz CT molecular complexity index is 979. The Morgan fingerprint density at radius 2 is 1.72 bits per heavy atom. The molecule has 0 heterocycles. The maximum Gasteiger partial charge on any atom is 0.330 e. The SMILES string of the molecule is CCCCNS(=O)(=O)c1ccccc1-c1ccc(CC(=O)/C=C\C(=O)OC)cc1. The van der Waals surface area contributed by atoms with Gasteiger partial charge in [0, 0.05) is 24.6 Å². The van der Waals surface area contributed by atoms with Crippen molar-refractivity contribution in [2.45, 2.75) is 31.1 Å². The summed E-state index contributed by atoms with van der Waals surface area (Å²) in [6.07, 6.45) is 4.08. The Morgan fingerprint density at radius 1 is 1.03 bits per heavy atom. The van der Waals surface area contributed by atoms with Crippen molar-refractivity contribution in [2.24, 2.45) is 0 Å². The van der Waals surface area contributed by atoms with Gasteiger partial charge in [0.15, 0.2) is 5.78 Å². The zero-order chi connectivity index (χ0) is 21.3. The van der Waals surface area contributed by atoms with E-state index in [1.807, 2.05) is 6.92 Å². The second-order valence-corrected chi connectivity index (χ2v) is 8.18. The third-order valence-electron chi connectivity index (χ3n) is 4.25. The number of unbranched alkanes of at least 4 members (excludes halogenated alkanes) is 1. The molecule has 0 unspecified atom stereocenters. The Kier molecular flexibility index (Phi) is 8.30. The van der Waals surface area contributed by atoms with E-state index in [0.29, 0.717) is 12.1 Å². The first-order valence-corrected chi connectivity index (χ1v) is 10.8. The van der Waals surface area contributed by atoms with Gasteiger partial charge in [-0.3, -0.25) is 4.79 Å². The molecule has 0 aliphatic carbocycles. The van der Waals surface area contributed by atoms with Crippen molar-refractivity contribution >= 4 is 21.8 Å². The summed E-state index contributed by atoms with van der Waals surface area (Å²) >= 11 is 0. The lowest BCUT2D eigenvalue weighted by molar-refractivity contribution is -0.135. The number of methoxy groups -OCH3 is 1. The molecule has 0 bridgehead atoms. The van der Waals surface area contributed by atoms with Gasteiger partial charge in [-0.05, 0) is 29.7 Å². The number of benzene rings is 2. The molecule has 29 heavy (non-hydrogen) atoms. The average molecular weight is 416 g/mol. The van der Waals surface area contributed by atoms with Crippen LogP contribution in [-0.4, -0.2) is 33.8 Å². The van der Waals surface area contributed by atoms with Crippen LogP contribution in [0.1, 0.15) is 25.3 Å². The number of hydrogen-bond donors (Lipinski definition) is 1. The van der Waals surface area contributed by atoms with E-state index in [1.54, 1.807) is 48.5 Å². The van der Waals surface area contributed by atoms with Crippen LogP contribution in [0.25, 0.3) is 11.1 Å². The van der Waals surface area contributed by atoms with E-state index < -0.39 is 16.0 Å². The predicted molar refractivity (Wildman–Crippen MR) is 112 cm³/mol. The van der Waals surface area contributed by atoms with Gasteiger partial charge in [-0.15, -0.1) is 0 Å². The van der Waals surface area contributed by atoms with Crippen LogP contribution in [0.3, 0.4) is 0 Å². The van der Waals surface area contributed by atoms with Gasteiger partial charge >= 0.3 is 5.97 Å². The maximum absolute atomic E-state index is 12.7. The van der Waals surface area contributed by atoms with Crippen LogP contribution in [0.5, 0.6) is 0 Å². The number of ether oxygens (including phenoxy) is 1. The van der Waals surface area contributed by atoms with Crippen LogP contribution >= 0.6 is 0 Å². The number of esters is 1. The minimum Gasteiger partial charge on any atom is -0.466 e. The summed E-state index contributed by atoms with van der Waals surface area (Å²) in [5.41, 5.74) is 2.09. The molecular weight excluding hydrogens is 390 g/mol. The highest BCUT2D eigenvalue weighted by atomic mass is 32.2. The molecule has 0 saturated carbocycles. The second-order valence-electron chi connectivity index (χ2n) is 6.44. The van der Waals surface area contributed by atoms with Crippen molar-refractivity contribution in [3.05, 3.63) is 66.2 Å². The monoisotopic (exact) mass is 415 g/mol. The molecule has 2 rings (SSSR count). The van der Waals surface area contributed by atoms with E-state index in [-0.39, 0.29) is 17.1 Å². The molecular formula is C22H25NO5S. The van der Waals surface area contributed by atoms with Crippen molar-refractivity contribution in [1.29, 1.82) is 0 Å². The molecule has 0 aliphatic rings. The molecule has 0 atom stereocenters. The number of carbonyl (C=O) groups excluding carboxylic acids is 2. The summed E-state index contributed by atoms with van der Waals surface area (Å²) in [5.74, 6) is -0.815. The molecule has 2 aromatic carbocycles. The van der Waals surface area contributed by atoms with Crippen LogP contribution in [-0.2, 0) is 30.8 Å². The van der Waals surface area contributed by atoms with Crippen LogP contribution in [0.4, 0.5) is 0 Å². The summed E-state index contributed by atoms with van der Waals surface area (Å²) in [7, 11) is -2.37. The zero-order valence-corrected chi connectivity index (χ0v) is 17.4. The normalized spacial score (nSPS) is 11.5. The molecule has 0 amide bonds. The second kappa shape index (κ2) is 10.7. The minimum atomic E-state index is -3.62. The number of nitrogens with one attached hydrogen (secondary N) is 1. The van der Waals surface area contributed by atoms with E-state index in [4.69, 9.17) is 0 Å². The van der Waals surface area contributed by atoms with Gasteiger partial charge in [0.25, 0.3) is 0 Å². The molecule has 0 aliphatic heterocycles. The average Bonchev–Trinajstić information content (AvgIpc) is 2.72. The molecule has 0 radical (unpaired) electrons. The number of ketones is 1. The number of carbonyl (C=O) groups is 2. The van der Waals surface area contributed by atoms with Gasteiger partial charge in [-0.25, -0.2) is 17.9 Å². The van der Waals surface area contributed by atoms with Crippen LogP contribution in [0, 0.1) is 0 Å². The molecule has 154 valence electrons. The minimum absolute atomic E-state index is 0.131. The van der Waals surface area contributed by atoms with E-state index in [0.717, 1.165) is 30.0 Å². The number of hydrogen-bond acceptors (Lipinski definition) is 5. The third-order valence-corrected chi connectivity index (χ3v) is 5.77. The van der Waals surface area contributed by atoms with Gasteiger partial charge in [-0.1, -0.05) is 55.8 Å². The van der Waals surface area contributed by atoms with Gasteiger partial charge in [-0.2, -0.15) is 0 Å². The molecule has 0 saturated heterocycles. The highest BCUT2D eigenvalue weighted by Gasteiger charge is 2.18. The first-order chi connectivity index (χ1) is 13.9. The fourth-order valence-corrected chi connectivity index (χ4v) is 3.99. The van der Waals surface area contributed by atoms with Crippen LogP contribution in [0.2, 0.25) is 0 Å². The molecule has 0 fully saturated rings. The van der Waals surface area contributed by atoms with Crippen LogP contribution in [0.15, 0.2) is 65.6 Å². The first-order valence-electron chi connectivity index (χ1n) is 9.34. The number of sulfonamides is 1. The number of allylic oxidation sites excluding steroid dienone is 1. The summed E-state index contributed by atoms with van der Waals surface area (Å²) in [5, 5.41) is 0. The zero-order valence-electron chi connectivity index (χ0n) is 16.6. The predicted octanol–water partition coefficient (Wildman–Crippen LogP) is 3.27. The lowest BCUT2D eigenvalue weighted by atomic mass is 10.0. The molecule has 0 spiro atoms. The van der Waals surface area contributed by atoms with Crippen molar-refractivity contribution in [1.82, 2.24) is 4.72 Å². The van der Waals surface area contributed by atoms with Gasteiger partial charge < -0.3 is 4.74 Å². The van der Waals surface area contributed by atoms with Crippen molar-refractivity contribution < 1.29 is 22.7 Å². The Labute approximate surface area is 171 Å². The Morgan fingerprint density at radius 3 is 2.38 bits per heavy atom. The smallest absolute Gasteiger partial charge is 0.330 e. The first kappa shape index (κ1) is 22.5. The van der Waals surface area contributed by atoms with Crippen molar-refractivity contribution in [2.75, 3.05) is 13.7 Å². The summed E-state index contributed by atoms with van der Waals surface area (Å²) in [6.45, 7) is 2.40. The van der Waals surface area contributed by atoms with Crippen molar-refractivity contribution in [3.8, 4) is 11.1 Å². The molecule has 7 heteroatoms. The van der Waals surface area contributed by atoms with Crippen LogP contribution < -0.4 is 4.72 Å². The third kappa shape index (κ3) is 6.66. The Hall–Kier alpha value is -2.77. The fourth-order valence-electron chi connectivity index (χ4n) is 2.69. The lowest BCUT2D eigenvalue weighted by Crippen LogP contribution is -2.25. The maximum atomic E-state index is 12.7. The highest BCUT2D eigenvalue weighted by Crippen LogP contribution is 2.27.